The molecule has 1 heterocycles. The number of carbonyl (C=O) groups excluding carboxylic acids is 1. The second-order valence-corrected chi connectivity index (χ2v) is 5.90. The van der Waals surface area contributed by atoms with Gasteiger partial charge in [-0.05, 0) is 39.3 Å². The molecule has 2 rings (SSSR count). The molecule has 122 valence electrons. The van der Waals surface area contributed by atoms with E-state index in [1.165, 1.54) is 16.8 Å². The summed E-state index contributed by atoms with van der Waals surface area (Å²) in [6, 6.07) is 5.90. The quantitative estimate of drug-likeness (QED) is 0.673. The van der Waals surface area contributed by atoms with Crippen LogP contribution >= 0.6 is 0 Å². The number of hydrogen-bond acceptors (Lipinski definition) is 5. The van der Waals surface area contributed by atoms with E-state index in [1.807, 2.05) is 20.8 Å². The van der Waals surface area contributed by atoms with Crippen LogP contribution in [0.1, 0.15) is 43.4 Å². The summed E-state index contributed by atoms with van der Waals surface area (Å²) in [5.74, 6) is -0.289. The van der Waals surface area contributed by atoms with E-state index in [0.29, 0.717) is 11.4 Å². The number of nitrogens with zero attached hydrogens (tertiary/aromatic N) is 4. The highest BCUT2D eigenvalue weighted by molar-refractivity contribution is 5.93. The molecule has 0 saturated heterocycles. The summed E-state index contributed by atoms with van der Waals surface area (Å²) in [4.78, 5) is 22.5. The molecule has 0 saturated carbocycles. The predicted molar refractivity (Wildman–Crippen MR) is 84.6 cm³/mol. The number of non-ortho nitro benzene ring substituents is 1. The minimum atomic E-state index is -0.469. The smallest absolute Gasteiger partial charge is 0.274 e. The van der Waals surface area contributed by atoms with Crippen LogP contribution < -0.4 is 5.32 Å². The van der Waals surface area contributed by atoms with Gasteiger partial charge < -0.3 is 5.32 Å². The number of nitro benzene ring substituents is 1. The molecule has 8 heteroatoms. The van der Waals surface area contributed by atoms with Gasteiger partial charge in [0, 0.05) is 17.7 Å². The van der Waals surface area contributed by atoms with Crippen molar-refractivity contribution in [3.63, 3.8) is 0 Å². The maximum Gasteiger partial charge on any atom is 0.274 e. The van der Waals surface area contributed by atoms with Gasteiger partial charge in [0.25, 0.3) is 11.6 Å². The highest BCUT2D eigenvalue weighted by atomic mass is 16.6. The van der Waals surface area contributed by atoms with Gasteiger partial charge in [-0.3, -0.25) is 14.9 Å². The molecule has 0 atom stereocenters. The number of nitro groups is 1. The molecule has 0 spiro atoms. The first-order valence-electron chi connectivity index (χ1n) is 7.25. The highest BCUT2D eigenvalue weighted by Gasteiger charge is 2.23. The fraction of sp³-hybridized carbons (Fsp3) is 0.400. The van der Waals surface area contributed by atoms with Crippen molar-refractivity contribution in [1.82, 2.24) is 20.3 Å². The van der Waals surface area contributed by atoms with Gasteiger partial charge in [-0.25, -0.2) is 4.68 Å². The summed E-state index contributed by atoms with van der Waals surface area (Å²) in [5, 5.41) is 21.5. The Labute approximate surface area is 133 Å². The molecule has 23 heavy (non-hydrogen) atoms. The molecule has 8 nitrogen and oxygen atoms in total. The van der Waals surface area contributed by atoms with Gasteiger partial charge in [0.1, 0.15) is 0 Å². The van der Waals surface area contributed by atoms with Crippen LogP contribution in [0.15, 0.2) is 24.3 Å². The number of carbonyl (C=O) groups is 1. The van der Waals surface area contributed by atoms with Crippen molar-refractivity contribution >= 4 is 11.6 Å². The third-order valence-corrected chi connectivity index (χ3v) is 3.75. The van der Waals surface area contributed by atoms with Crippen molar-refractivity contribution in [3.8, 4) is 5.69 Å². The standard InChI is InChI=1S/C15H19N5O3/c1-5-15(3,4)16-14(21)13-10(2)19(18-17-13)11-6-8-12(9-7-11)20(22)23/h6-9H,5H2,1-4H3,(H,16,21). The Morgan fingerprint density at radius 1 is 1.35 bits per heavy atom. The first-order valence-corrected chi connectivity index (χ1v) is 7.25. The first kappa shape index (κ1) is 16.6. The van der Waals surface area contributed by atoms with E-state index < -0.39 is 4.92 Å². The summed E-state index contributed by atoms with van der Waals surface area (Å²) in [5.41, 5.74) is 1.08. The second-order valence-electron chi connectivity index (χ2n) is 5.90. The van der Waals surface area contributed by atoms with E-state index in [2.05, 4.69) is 15.6 Å². The van der Waals surface area contributed by atoms with Crippen molar-refractivity contribution < 1.29 is 9.72 Å². The average Bonchev–Trinajstić information content (AvgIpc) is 2.88. The number of benzene rings is 1. The molecular formula is C15H19N5O3. The van der Waals surface area contributed by atoms with E-state index in [0.717, 1.165) is 6.42 Å². The SMILES string of the molecule is CCC(C)(C)NC(=O)c1nnn(-c2ccc([N+](=O)[O-])cc2)c1C. The van der Waals surface area contributed by atoms with Crippen LogP contribution in [0.5, 0.6) is 0 Å². The van der Waals surface area contributed by atoms with E-state index in [4.69, 9.17) is 0 Å². The van der Waals surface area contributed by atoms with Crippen LogP contribution in [0.25, 0.3) is 5.69 Å². The Kier molecular flexibility index (Phi) is 4.44. The zero-order valence-electron chi connectivity index (χ0n) is 13.5. The summed E-state index contributed by atoms with van der Waals surface area (Å²) in [7, 11) is 0. The number of nitrogens with one attached hydrogen (secondary N) is 1. The molecular weight excluding hydrogens is 298 g/mol. The topological polar surface area (TPSA) is 103 Å². The third kappa shape index (κ3) is 3.53. The molecule has 1 amide bonds. The first-order chi connectivity index (χ1) is 10.7. The van der Waals surface area contributed by atoms with Crippen LogP contribution in [-0.4, -0.2) is 31.4 Å². The third-order valence-electron chi connectivity index (χ3n) is 3.75. The van der Waals surface area contributed by atoms with Crippen LogP contribution in [0.3, 0.4) is 0 Å². The molecule has 0 bridgehead atoms. The van der Waals surface area contributed by atoms with Crippen LogP contribution in [0.4, 0.5) is 5.69 Å². The fourth-order valence-electron chi connectivity index (χ4n) is 1.95. The van der Waals surface area contributed by atoms with Gasteiger partial charge in [0.2, 0.25) is 0 Å². The van der Waals surface area contributed by atoms with Crippen LogP contribution in [0.2, 0.25) is 0 Å². The summed E-state index contributed by atoms with van der Waals surface area (Å²) in [6.45, 7) is 7.58. The molecule has 0 unspecified atom stereocenters. The van der Waals surface area contributed by atoms with Gasteiger partial charge in [-0.15, -0.1) is 5.10 Å². The number of aromatic nitrogens is 3. The van der Waals surface area contributed by atoms with Crippen molar-refractivity contribution in [3.05, 3.63) is 45.8 Å². The molecule has 1 aromatic heterocycles. The van der Waals surface area contributed by atoms with E-state index in [1.54, 1.807) is 19.1 Å². The molecule has 1 aromatic carbocycles. The van der Waals surface area contributed by atoms with Crippen LogP contribution in [-0.2, 0) is 0 Å². The normalized spacial score (nSPS) is 11.3. The molecule has 1 N–H and O–H groups in total. The van der Waals surface area contributed by atoms with Gasteiger partial charge in [-0.1, -0.05) is 12.1 Å². The molecule has 0 radical (unpaired) electrons. The maximum atomic E-state index is 12.3. The lowest BCUT2D eigenvalue weighted by Crippen LogP contribution is -2.43. The zero-order chi connectivity index (χ0) is 17.2. The molecule has 0 aliphatic rings. The number of amides is 1. The fourth-order valence-corrected chi connectivity index (χ4v) is 1.95. The van der Waals surface area contributed by atoms with Gasteiger partial charge >= 0.3 is 0 Å². The monoisotopic (exact) mass is 317 g/mol. The van der Waals surface area contributed by atoms with Crippen molar-refractivity contribution in [2.75, 3.05) is 0 Å². The molecule has 0 aliphatic carbocycles. The Morgan fingerprint density at radius 3 is 2.48 bits per heavy atom. The predicted octanol–water partition coefficient (Wildman–Crippen LogP) is 2.40. The summed E-state index contributed by atoms with van der Waals surface area (Å²) < 4.78 is 1.48. The van der Waals surface area contributed by atoms with E-state index >= 15 is 0 Å². The lowest BCUT2D eigenvalue weighted by Gasteiger charge is -2.23. The van der Waals surface area contributed by atoms with Gasteiger partial charge in [0.05, 0.1) is 16.3 Å². The molecule has 0 aliphatic heterocycles. The van der Waals surface area contributed by atoms with E-state index in [9.17, 15) is 14.9 Å². The largest absolute Gasteiger partial charge is 0.346 e. The molecule has 0 fully saturated rings. The Morgan fingerprint density at radius 2 is 1.96 bits per heavy atom. The molecule has 2 aromatic rings. The Balaban J connectivity index is 2.28. The van der Waals surface area contributed by atoms with E-state index in [-0.39, 0.29) is 22.8 Å². The minimum Gasteiger partial charge on any atom is -0.346 e. The van der Waals surface area contributed by atoms with Crippen molar-refractivity contribution in [1.29, 1.82) is 0 Å². The van der Waals surface area contributed by atoms with Crippen molar-refractivity contribution in [2.24, 2.45) is 0 Å². The summed E-state index contributed by atoms with van der Waals surface area (Å²) in [6.07, 6.45) is 0.786. The lowest BCUT2D eigenvalue weighted by atomic mass is 10.0. The highest BCUT2D eigenvalue weighted by Crippen LogP contribution is 2.17. The Bertz CT molecular complexity index is 734. The summed E-state index contributed by atoms with van der Waals surface area (Å²) >= 11 is 0. The van der Waals surface area contributed by atoms with Crippen molar-refractivity contribution in [2.45, 2.75) is 39.7 Å². The second kappa shape index (κ2) is 6.15. The van der Waals surface area contributed by atoms with Gasteiger partial charge in [0.15, 0.2) is 5.69 Å². The average molecular weight is 317 g/mol. The minimum absolute atomic E-state index is 0.00539. The maximum absolute atomic E-state index is 12.3. The zero-order valence-corrected chi connectivity index (χ0v) is 13.5. The number of rotatable bonds is 5. The Hall–Kier alpha value is -2.77. The van der Waals surface area contributed by atoms with Crippen LogP contribution in [0, 0.1) is 17.0 Å². The lowest BCUT2D eigenvalue weighted by molar-refractivity contribution is -0.384. The van der Waals surface area contributed by atoms with Gasteiger partial charge in [-0.2, -0.15) is 0 Å². The number of hydrogen-bond donors (Lipinski definition) is 1.